The van der Waals surface area contributed by atoms with E-state index in [1.54, 1.807) is 7.11 Å². The first-order chi connectivity index (χ1) is 13.2. The van der Waals surface area contributed by atoms with Crippen LogP contribution in [0.3, 0.4) is 0 Å². The van der Waals surface area contributed by atoms with E-state index in [-0.39, 0.29) is 13.2 Å². The zero-order chi connectivity index (χ0) is 19.5. The quantitative estimate of drug-likeness (QED) is 0.524. The Bertz CT molecular complexity index is 720. The normalized spacial score (nSPS) is 11.2. The van der Waals surface area contributed by atoms with Crippen LogP contribution >= 0.6 is 0 Å². The van der Waals surface area contributed by atoms with E-state index in [0.717, 1.165) is 24.6 Å². The Balaban J connectivity index is 2.09. The third-order valence-electron chi connectivity index (χ3n) is 3.95. The zero-order valence-electron chi connectivity index (χ0n) is 16.3. The number of guanidine groups is 1. The van der Waals surface area contributed by atoms with Crippen LogP contribution in [0.25, 0.3) is 0 Å². The van der Waals surface area contributed by atoms with Crippen LogP contribution in [0.2, 0.25) is 0 Å². The first-order valence-corrected chi connectivity index (χ1v) is 9.11. The molecule has 0 saturated carbocycles. The molecule has 0 unspecified atom stereocenters. The molecule has 0 aliphatic heterocycles. The largest absolute Gasteiger partial charge is 0.493 e. The molecule has 0 bridgehead atoms. The monoisotopic (exact) mass is 371 g/mol. The van der Waals surface area contributed by atoms with Gasteiger partial charge in [0.1, 0.15) is 6.61 Å². The van der Waals surface area contributed by atoms with Crippen LogP contribution in [0.15, 0.2) is 53.5 Å². The molecule has 2 rings (SSSR count). The van der Waals surface area contributed by atoms with Crippen molar-refractivity contribution in [2.45, 2.75) is 20.0 Å². The molecular formula is C21H29N3O3. The summed E-state index contributed by atoms with van der Waals surface area (Å²) in [5.74, 6) is 2.10. The van der Waals surface area contributed by atoms with E-state index < -0.39 is 0 Å². The van der Waals surface area contributed by atoms with Crippen LogP contribution in [0.4, 0.5) is 0 Å². The molecule has 0 amide bonds. The van der Waals surface area contributed by atoms with Gasteiger partial charge < -0.3 is 24.8 Å². The number of aliphatic imine (C=N–C) groups is 1. The summed E-state index contributed by atoms with van der Waals surface area (Å²) in [5, 5.41) is 12.2. The number of rotatable bonds is 9. The second-order valence-electron chi connectivity index (χ2n) is 6.07. The summed E-state index contributed by atoms with van der Waals surface area (Å²) in [5.41, 5.74) is 2.25. The Hall–Kier alpha value is -2.73. The summed E-state index contributed by atoms with van der Waals surface area (Å²) in [6, 6.07) is 16.0. The number of methoxy groups -OCH3 is 1. The van der Waals surface area contributed by atoms with Gasteiger partial charge in [0, 0.05) is 20.1 Å². The van der Waals surface area contributed by atoms with Crippen molar-refractivity contribution in [3.63, 3.8) is 0 Å². The van der Waals surface area contributed by atoms with Crippen molar-refractivity contribution in [1.29, 1.82) is 0 Å². The number of benzene rings is 2. The van der Waals surface area contributed by atoms with E-state index in [1.807, 2.05) is 43.4 Å². The summed E-state index contributed by atoms with van der Waals surface area (Å²) in [4.78, 5) is 6.85. The molecule has 2 aromatic carbocycles. The van der Waals surface area contributed by atoms with Gasteiger partial charge in [-0.25, -0.2) is 4.99 Å². The molecule has 0 atom stereocenters. The van der Waals surface area contributed by atoms with Gasteiger partial charge in [-0.05, 0) is 30.2 Å². The van der Waals surface area contributed by atoms with E-state index in [0.29, 0.717) is 18.0 Å². The Labute approximate surface area is 161 Å². The highest BCUT2D eigenvalue weighted by atomic mass is 16.5. The molecule has 0 saturated heterocycles. The van der Waals surface area contributed by atoms with Crippen LogP contribution in [-0.4, -0.2) is 49.9 Å². The van der Waals surface area contributed by atoms with Gasteiger partial charge in [0.25, 0.3) is 0 Å². The molecule has 0 fully saturated rings. The van der Waals surface area contributed by atoms with E-state index in [1.165, 1.54) is 5.56 Å². The summed E-state index contributed by atoms with van der Waals surface area (Å²) >= 11 is 0. The second kappa shape index (κ2) is 11.1. The van der Waals surface area contributed by atoms with Crippen molar-refractivity contribution >= 4 is 5.96 Å². The van der Waals surface area contributed by atoms with Crippen LogP contribution < -0.4 is 14.8 Å². The molecule has 0 radical (unpaired) electrons. The predicted molar refractivity (Wildman–Crippen MR) is 108 cm³/mol. The maximum Gasteiger partial charge on any atom is 0.194 e. The standard InChI is InChI=1S/C21H29N3O3/c1-4-22-21(24(2)16-17-8-6-5-7-9-17)23-15-18-10-11-19(27-13-12-25)20(14-18)26-3/h5-11,14,25H,4,12-13,15-16H2,1-3H3,(H,22,23). The van der Waals surface area contributed by atoms with Gasteiger partial charge in [0.05, 0.1) is 20.3 Å². The molecule has 0 aliphatic rings. The summed E-state index contributed by atoms with van der Waals surface area (Å²) in [7, 11) is 3.63. The van der Waals surface area contributed by atoms with Gasteiger partial charge in [-0.1, -0.05) is 36.4 Å². The fourth-order valence-corrected chi connectivity index (χ4v) is 2.65. The third kappa shape index (κ3) is 6.49. The minimum absolute atomic E-state index is 0.0327. The van der Waals surface area contributed by atoms with Crippen molar-refractivity contribution < 1.29 is 14.6 Å². The number of hydrogen-bond acceptors (Lipinski definition) is 4. The Kier molecular flexibility index (Phi) is 8.45. The van der Waals surface area contributed by atoms with Crippen molar-refractivity contribution in [2.24, 2.45) is 4.99 Å². The molecule has 2 N–H and O–H groups in total. The lowest BCUT2D eigenvalue weighted by Crippen LogP contribution is -2.38. The lowest BCUT2D eigenvalue weighted by molar-refractivity contribution is 0.196. The van der Waals surface area contributed by atoms with Gasteiger partial charge in [-0.15, -0.1) is 0 Å². The van der Waals surface area contributed by atoms with Crippen molar-refractivity contribution in [3.05, 3.63) is 59.7 Å². The average Bonchev–Trinajstić information content (AvgIpc) is 2.70. The number of aliphatic hydroxyl groups is 1. The summed E-state index contributed by atoms with van der Waals surface area (Å²) < 4.78 is 10.9. The van der Waals surface area contributed by atoms with E-state index in [9.17, 15) is 0 Å². The first kappa shape index (κ1) is 20.6. The average molecular weight is 371 g/mol. The second-order valence-corrected chi connectivity index (χ2v) is 6.07. The van der Waals surface area contributed by atoms with Gasteiger partial charge in [0.2, 0.25) is 0 Å². The SMILES string of the molecule is CCNC(=NCc1ccc(OCCO)c(OC)c1)N(C)Cc1ccccc1. The molecular weight excluding hydrogens is 342 g/mol. The van der Waals surface area contributed by atoms with Crippen molar-refractivity contribution in [3.8, 4) is 11.5 Å². The number of hydrogen-bond donors (Lipinski definition) is 2. The number of aliphatic hydroxyl groups excluding tert-OH is 1. The molecule has 0 aromatic heterocycles. The Morgan fingerprint density at radius 3 is 2.56 bits per heavy atom. The lowest BCUT2D eigenvalue weighted by Gasteiger charge is -2.22. The summed E-state index contributed by atoms with van der Waals surface area (Å²) in [6.45, 7) is 4.37. The van der Waals surface area contributed by atoms with E-state index >= 15 is 0 Å². The Morgan fingerprint density at radius 1 is 1.11 bits per heavy atom. The molecule has 27 heavy (non-hydrogen) atoms. The molecule has 6 nitrogen and oxygen atoms in total. The highest BCUT2D eigenvalue weighted by Gasteiger charge is 2.08. The fraction of sp³-hybridized carbons (Fsp3) is 0.381. The molecule has 0 aliphatic carbocycles. The van der Waals surface area contributed by atoms with Crippen LogP contribution in [0.5, 0.6) is 11.5 Å². The lowest BCUT2D eigenvalue weighted by atomic mass is 10.2. The molecule has 0 heterocycles. The molecule has 2 aromatic rings. The minimum atomic E-state index is -0.0327. The van der Waals surface area contributed by atoms with E-state index in [4.69, 9.17) is 19.6 Å². The predicted octanol–water partition coefficient (Wildman–Crippen LogP) is 2.66. The third-order valence-corrected chi connectivity index (χ3v) is 3.95. The highest BCUT2D eigenvalue weighted by Crippen LogP contribution is 2.28. The maximum absolute atomic E-state index is 8.90. The topological polar surface area (TPSA) is 66.3 Å². The minimum Gasteiger partial charge on any atom is -0.493 e. The van der Waals surface area contributed by atoms with Crippen molar-refractivity contribution in [1.82, 2.24) is 10.2 Å². The van der Waals surface area contributed by atoms with Crippen LogP contribution in [0.1, 0.15) is 18.1 Å². The van der Waals surface area contributed by atoms with Crippen LogP contribution in [-0.2, 0) is 13.1 Å². The smallest absolute Gasteiger partial charge is 0.194 e. The molecule has 146 valence electrons. The number of nitrogens with one attached hydrogen (secondary N) is 1. The fourth-order valence-electron chi connectivity index (χ4n) is 2.65. The van der Waals surface area contributed by atoms with E-state index in [2.05, 4.69) is 29.3 Å². The highest BCUT2D eigenvalue weighted by molar-refractivity contribution is 5.79. The first-order valence-electron chi connectivity index (χ1n) is 9.11. The van der Waals surface area contributed by atoms with Crippen LogP contribution in [0, 0.1) is 0 Å². The van der Waals surface area contributed by atoms with Gasteiger partial charge in [-0.2, -0.15) is 0 Å². The summed E-state index contributed by atoms with van der Waals surface area (Å²) in [6.07, 6.45) is 0. The molecule has 6 heteroatoms. The van der Waals surface area contributed by atoms with Gasteiger partial charge >= 0.3 is 0 Å². The Morgan fingerprint density at radius 2 is 1.89 bits per heavy atom. The maximum atomic E-state index is 8.90. The van der Waals surface area contributed by atoms with Gasteiger partial charge in [-0.3, -0.25) is 0 Å². The van der Waals surface area contributed by atoms with Gasteiger partial charge in [0.15, 0.2) is 17.5 Å². The number of ether oxygens (including phenoxy) is 2. The van der Waals surface area contributed by atoms with Crippen molar-refractivity contribution in [2.75, 3.05) is 33.9 Å². The number of nitrogens with zero attached hydrogens (tertiary/aromatic N) is 2. The molecule has 0 spiro atoms. The zero-order valence-corrected chi connectivity index (χ0v) is 16.3.